The number of nitrogens with one attached hydrogen (secondary N) is 2. The molecule has 0 bridgehead atoms. The molecule has 2 amide bonds. The lowest BCUT2D eigenvalue weighted by molar-refractivity contribution is 0.0932. The van der Waals surface area contributed by atoms with Gasteiger partial charge < -0.3 is 10.6 Å². The van der Waals surface area contributed by atoms with Crippen molar-refractivity contribution >= 4 is 11.8 Å². The van der Waals surface area contributed by atoms with Gasteiger partial charge in [-0.1, -0.05) is 36.4 Å². The Morgan fingerprint density at radius 2 is 1.56 bits per heavy atom. The number of benzene rings is 2. The van der Waals surface area contributed by atoms with Crippen LogP contribution < -0.4 is 10.6 Å². The van der Waals surface area contributed by atoms with Crippen molar-refractivity contribution in [3.8, 4) is 0 Å². The largest absolute Gasteiger partial charge is 0.348 e. The lowest BCUT2D eigenvalue weighted by Gasteiger charge is -2.14. The maximum Gasteiger partial charge on any atom is 0.251 e. The molecule has 0 saturated carbocycles. The normalized spacial score (nSPS) is 11.4. The molecule has 1 atom stereocenters. The van der Waals surface area contributed by atoms with Crippen LogP contribution in [-0.2, 0) is 6.54 Å². The summed E-state index contributed by atoms with van der Waals surface area (Å²) in [5, 5.41) is 5.80. The molecule has 0 aliphatic rings. The Balaban J connectivity index is 1.57. The van der Waals surface area contributed by atoms with Gasteiger partial charge in [0.2, 0.25) is 0 Å². The molecule has 136 valence electrons. The Morgan fingerprint density at radius 3 is 2.19 bits per heavy atom. The van der Waals surface area contributed by atoms with Gasteiger partial charge >= 0.3 is 0 Å². The second-order valence-electron chi connectivity index (χ2n) is 6.23. The number of carbonyl (C=O) groups is 2. The average Bonchev–Trinajstić information content (AvgIpc) is 2.73. The molecule has 3 rings (SSSR count). The van der Waals surface area contributed by atoms with Crippen molar-refractivity contribution in [1.82, 2.24) is 15.6 Å². The summed E-state index contributed by atoms with van der Waals surface area (Å²) in [6.45, 7) is 2.34. The highest BCUT2D eigenvalue weighted by Crippen LogP contribution is 2.13. The Labute approximate surface area is 158 Å². The van der Waals surface area contributed by atoms with E-state index in [2.05, 4.69) is 15.6 Å². The van der Waals surface area contributed by atoms with Crippen molar-refractivity contribution in [2.24, 2.45) is 0 Å². The van der Waals surface area contributed by atoms with Gasteiger partial charge in [-0.3, -0.25) is 14.6 Å². The molecule has 1 heterocycles. The minimum absolute atomic E-state index is 0.0962. The zero-order chi connectivity index (χ0) is 19.1. The number of carbonyl (C=O) groups excluding carboxylic acids is 2. The number of rotatable bonds is 6. The number of nitrogens with zero attached hydrogens (tertiary/aromatic N) is 1. The van der Waals surface area contributed by atoms with Gasteiger partial charge in [0.25, 0.3) is 11.8 Å². The summed E-state index contributed by atoms with van der Waals surface area (Å²) in [5.41, 5.74) is 2.99. The highest BCUT2D eigenvalue weighted by atomic mass is 16.2. The average molecular weight is 359 g/mol. The molecule has 1 unspecified atom stereocenters. The molecular formula is C22H21N3O2. The smallest absolute Gasteiger partial charge is 0.251 e. The first-order chi connectivity index (χ1) is 13.1. The van der Waals surface area contributed by atoms with Crippen molar-refractivity contribution in [3.63, 3.8) is 0 Å². The van der Waals surface area contributed by atoms with Crippen LogP contribution in [0.2, 0.25) is 0 Å². The Hall–Kier alpha value is -3.47. The zero-order valence-electron chi connectivity index (χ0n) is 15.1. The first-order valence-electron chi connectivity index (χ1n) is 8.76. The van der Waals surface area contributed by atoms with Gasteiger partial charge in [0.15, 0.2) is 0 Å². The molecule has 2 aromatic carbocycles. The topological polar surface area (TPSA) is 71.1 Å². The molecule has 1 aromatic heterocycles. The monoisotopic (exact) mass is 359 g/mol. The van der Waals surface area contributed by atoms with Crippen molar-refractivity contribution in [2.75, 3.05) is 0 Å². The van der Waals surface area contributed by atoms with Gasteiger partial charge in [-0.25, -0.2) is 0 Å². The fourth-order valence-corrected chi connectivity index (χ4v) is 2.67. The molecule has 0 fully saturated rings. The predicted molar refractivity (Wildman–Crippen MR) is 104 cm³/mol. The summed E-state index contributed by atoms with van der Waals surface area (Å²) in [6.07, 6.45) is 3.40. The van der Waals surface area contributed by atoms with E-state index in [1.165, 1.54) is 0 Å². The Bertz CT molecular complexity index is 894. The summed E-state index contributed by atoms with van der Waals surface area (Å²) in [4.78, 5) is 28.6. The quantitative estimate of drug-likeness (QED) is 0.708. The number of aromatic nitrogens is 1. The third kappa shape index (κ3) is 5.01. The predicted octanol–water partition coefficient (Wildman–Crippen LogP) is 3.50. The fraction of sp³-hybridized carbons (Fsp3) is 0.136. The van der Waals surface area contributed by atoms with Gasteiger partial charge in [-0.15, -0.1) is 0 Å². The van der Waals surface area contributed by atoms with Gasteiger partial charge in [-0.05, 0) is 48.4 Å². The van der Waals surface area contributed by atoms with Crippen molar-refractivity contribution in [2.45, 2.75) is 19.5 Å². The van der Waals surface area contributed by atoms with E-state index >= 15 is 0 Å². The van der Waals surface area contributed by atoms with Crippen molar-refractivity contribution in [3.05, 3.63) is 101 Å². The molecule has 0 aliphatic carbocycles. The van der Waals surface area contributed by atoms with Crippen LogP contribution in [-0.4, -0.2) is 16.8 Å². The molecule has 0 radical (unpaired) electrons. The SMILES string of the molecule is CC(NC(=O)c1ccc(C(=O)NCc2cccnc2)cc1)c1ccccc1. The van der Waals surface area contributed by atoms with Gasteiger partial charge in [-0.2, -0.15) is 0 Å². The van der Waals surface area contributed by atoms with Crippen LogP contribution in [0.4, 0.5) is 0 Å². The van der Waals surface area contributed by atoms with Crippen molar-refractivity contribution < 1.29 is 9.59 Å². The van der Waals surface area contributed by atoms with Crippen LogP contribution in [0.1, 0.15) is 44.8 Å². The van der Waals surface area contributed by atoms with Crippen LogP contribution in [0.3, 0.4) is 0 Å². The molecule has 27 heavy (non-hydrogen) atoms. The van der Waals surface area contributed by atoms with Crippen molar-refractivity contribution in [1.29, 1.82) is 0 Å². The molecule has 3 aromatic rings. The number of pyridine rings is 1. The third-order valence-corrected chi connectivity index (χ3v) is 4.23. The highest BCUT2D eigenvalue weighted by molar-refractivity contribution is 5.97. The minimum Gasteiger partial charge on any atom is -0.348 e. The Kier molecular flexibility index (Phi) is 5.94. The van der Waals surface area contributed by atoms with E-state index in [4.69, 9.17) is 0 Å². The van der Waals surface area contributed by atoms with E-state index < -0.39 is 0 Å². The second-order valence-corrected chi connectivity index (χ2v) is 6.23. The van der Waals surface area contributed by atoms with E-state index in [-0.39, 0.29) is 17.9 Å². The fourth-order valence-electron chi connectivity index (χ4n) is 2.67. The van der Waals surface area contributed by atoms with Crippen LogP contribution >= 0.6 is 0 Å². The second kappa shape index (κ2) is 8.76. The van der Waals surface area contributed by atoms with Crippen LogP contribution in [0.5, 0.6) is 0 Å². The summed E-state index contributed by atoms with van der Waals surface area (Å²) in [6, 6.07) is 20.0. The van der Waals surface area contributed by atoms with E-state index in [1.54, 1.807) is 36.7 Å². The molecule has 5 nitrogen and oxygen atoms in total. The number of hydrogen-bond donors (Lipinski definition) is 2. The summed E-state index contributed by atoms with van der Waals surface area (Å²) in [7, 11) is 0. The standard InChI is InChI=1S/C22H21N3O2/c1-16(18-7-3-2-4-8-18)25-22(27)20-11-9-19(10-12-20)21(26)24-15-17-6-5-13-23-14-17/h2-14,16H,15H2,1H3,(H,24,26)(H,25,27). The molecule has 5 heteroatoms. The van der Waals surface area contributed by atoms with E-state index in [0.717, 1.165) is 11.1 Å². The highest BCUT2D eigenvalue weighted by Gasteiger charge is 2.12. The lowest BCUT2D eigenvalue weighted by Crippen LogP contribution is -2.27. The van der Waals surface area contributed by atoms with Gasteiger partial charge in [0.05, 0.1) is 6.04 Å². The van der Waals surface area contributed by atoms with Gasteiger partial charge in [0.1, 0.15) is 0 Å². The van der Waals surface area contributed by atoms with Crippen LogP contribution in [0, 0.1) is 0 Å². The summed E-state index contributed by atoms with van der Waals surface area (Å²) in [5.74, 6) is -0.364. The summed E-state index contributed by atoms with van der Waals surface area (Å²) < 4.78 is 0. The van der Waals surface area contributed by atoms with E-state index in [1.807, 2.05) is 49.4 Å². The molecular weight excluding hydrogens is 338 g/mol. The first-order valence-corrected chi connectivity index (χ1v) is 8.76. The zero-order valence-corrected chi connectivity index (χ0v) is 15.1. The Morgan fingerprint density at radius 1 is 0.889 bits per heavy atom. The lowest BCUT2D eigenvalue weighted by atomic mass is 10.1. The van der Waals surface area contributed by atoms with E-state index in [9.17, 15) is 9.59 Å². The molecule has 2 N–H and O–H groups in total. The number of hydrogen-bond acceptors (Lipinski definition) is 3. The van der Waals surface area contributed by atoms with Crippen LogP contribution in [0.25, 0.3) is 0 Å². The maximum atomic E-state index is 12.4. The molecule has 0 saturated heterocycles. The number of amides is 2. The van der Waals surface area contributed by atoms with E-state index in [0.29, 0.717) is 17.7 Å². The molecule has 0 spiro atoms. The summed E-state index contributed by atoms with van der Waals surface area (Å²) >= 11 is 0. The van der Waals surface area contributed by atoms with Crippen LogP contribution in [0.15, 0.2) is 79.1 Å². The third-order valence-electron chi connectivity index (χ3n) is 4.23. The first kappa shape index (κ1) is 18.3. The van der Waals surface area contributed by atoms with Gasteiger partial charge in [0, 0.05) is 30.1 Å². The minimum atomic E-state index is -0.191. The maximum absolute atomic E-state index is 12.4. The molecule has 0 aliphatic heterocycles.